The summed E-state index contributed by atoms with van der Waals surface area (Å²) in [4.78, 5) is 62.6. The SMILES string of the molecule is Cc1[nH]c(/C=C2\C(=O)Nc3cc(NC(=O)Nc4cccc(NC(=O)c5ccc(CN6CCN(C)CC6)cc5)c4)ccc32)c(C)c1C(=O)NCCN1CCCC1. The second kappa shape index (κ2) is 16.7. The first kappa shape index (κ1) is 37.6. The number of likely N-dealkylation sites (N-methyl/N-ethyl adjacent to an activating group) is 1. The average Bonchev–Trinajstić information content (AvgIpc) is 3.86. The van der Waals surface area contributed by atoms with Crippen molar-refractivity contribution in [2.75, 3.05) is 80.7 Å². The molecule has 0 spiro atoms. The molecule has 0 bridgehead atoms. The Morgan fingerprint density at radius 2 is 1.47 bits per heavy atom. The molecular formula is C42H49N9O4. The first-order chi connectivity index (χ1) is 26.6. The minimum absolute atomic E-state index is 0.130. The minimum atomic E-state index is -0.483. The molecule has 0 aliphatic carbocycles. The van der Waals surface area contributed by atoms with Crippen molar-refractivity contribution in [1.82, 2.24) is 25.0 Å². The third-order valence-electron chi connectivity index (χ3n) is 10.6. The molecule has 2 fully saturated rings. The van der Waals surface area contributed by atoms with Crippen LogP contribution in [0.25, 0.3) is 11.6 Å². The molecule has 4 heterocycles. The number of fused-ring (bicyclic) bond motifs is 1. The minimum Gasteiger partial charge on any atom is -0.358 e. The number of hydrogen-bond acceptors (Lipinski definition) is 7. The summed E-state index contributed by atoms with van der Waals surface area (Å²) in [6, 6.07) is 19.3. The van der Waals surface area contributed by atoms with Crippen molar-refractivity contribution < 1.29 is 19.2 Å². The number of benzene rings is 3. The van der Waals surface area contributed by atoms with Gasteiger partial charge in [0.2, 0.25) is 0 Å². The van der Waals surface area contributed by atoms with E-state index in [4.69, 9.17) is 0 Å². The van der Waals surface area contributed by atoms with Gasteiger partial charge in [-0.25, -0.2) is 4.79 Å². The molecule has 3 aliphatic heterocycles. The fourth-order valence-corrected chi connectivity index (χ4v) is 7.44. The smallest absolute Gasteiger partial charge is 0.323 e. The molecule has 0 atom stereocenters. The van der Waals surface area contributed by atoms with Crippen LogP contribution >= 0.6 is 0 Å². The largest absolute Gasteiger partial charge is 0.358 e. The van der Waals surface area contributed by atoms with Crippen molar-refractivity contribution in [3.63, 3.8) is 0 Å². The van der Waals surface area contributed by atoms with Gasteiger partial charge in [-0.1, -0.05) is 24.3 Å². The summed E-state index contributed by atoms with van der Waals surface area (Å²) in [6.45, 7) is 12.4. The lowest BCUT2D eigenvalue weighted by molar-refractivity contribution is -0.110. The van der Waals surface area contributed by atoms with Crippen LogP contribution in [0.5, 0.6) is 0 Å². The van der Waals surface area contributed by atoms with E-state index in [2.05, 4.69) is 53.3 Å². The number of anilines is 4. The zero-order valence-electron chi connectivity index (χ0n) is 31.7. The van der Waals surface area contributed by atoms with Crippen LogP contribution in [0.1, 0.15) is 61.6 Å². The number of aromatic nitrogens is 1. The number of aromatic amines is 1. The van der Waals surface area contributed by atoms with E-state index in [-0.39, 0.29) is 17.7 Å². The van der Waals surface area contributed by atoms with Crippen molar-refractivity contribution in [2.24, 2.45) is 0 Å². The number of nitrogens with zero attached hydrogens (tertiary/aromatic N) is 3. The van der Waals surface area contributed by atoms with E-state index in [1.165, 1.54) is 18.4 Å². The molecule has 286 valence electrons. The normalized spacial score (nSPS) is 16.9. The second-order valence-corrected chi connectivity index (χ2v) is 14.6. The van der Waals surface area contributed by atoms with E-state index in [0.29, 0.717) is 57.3 Å². The number of hydrogen-bond donors (Lipinski definition) is 6. The Bertz CT molecular complexity index is 2110. The van der Waals surface area contributed by atoms with Gasteiger partial charge >= 0.3 is 6.03 Å². The van der Waals surface area contributed by atoms with Gasteiger partial charge in [0.15, 0.2) is 0 Å². The topological polar surface area (TPSA) is 154 Å². The number of carbonyl (C=O) groups is 4. The Hall–Kier alpha value is -5.76. The number of aryl methyl sites for hydroxylation is 1. The van der Waals surface area contributed by atoms with E-state index in [0.717, 1.165) is 63.6 Å². The van der Waals surface area contributed by atoms with Crippen LogP contribution in [0.4, 0.5) is 27.5 Å². The van der Waals surface area contributed by atoms with Gasteiger partial charge in [0.25, 0.3) is 17.7 Å². The number of rotatable bonds is 11. The first-order valence-electron chi connectivity index (χ1n) is 19.0. The zero-order chi connectivity index (χ0) is 38.5. The summed E-state index contributed by atoms with van der Waals surface area (Å²) < 4.78 is 0. The number of H-pyrrole nitrogens is 1. The van der Waals surface area contributed by atoms with Crippen molar-refractivity contribution >= 4 is 58.2 Å². The van der Waals surface area contributed by atoms with Crippen LogP contribution in [0.2, 0.25) is 0 Å². The number of carbonyl (C=O) groups excluding carboxylic acids is 4. The van der Waals surface area contributed by atoms with Crippen molar-refractivity contribution in [3.8, 4) is 0 Å². The molecule has 3 aromatic carbocycles. The number of urea groups is 1. The van der Waals surface area contributed by atoms with Gasteiger partial charge in [0.05, 0.1) is 16.8 Å². The maximum absolute atomic E-state index is 13.1. The van der Waals surface area contributed by atoms with Gasteiger partial charge in [-0.15, -0.1) is 0 Å². The molecule has 13 heteroatoms. The molecule has 13 nitrogen and oxygen atoms in total. The second-order valence-electron chi connectivity index (χ2n) is 14.6. The molecule has 0 unspecified atom stereocenters. The standard InChI is InChI=1S/C42H49N9O4/c1-27-36(44-28(2)38(27)41(54)43-15-18-50-16-4-5-17-50)25-35-34-14-13-33(24-37(34)48-40(35)53)47-42(55)46-32-8-6-7-31(23-32)45-39(52)30-11-9-29(10-12-30)26-51-21-19-49(3)20-22-51/h6-14,23-25,44H,4-5,15-22,26H2,1-3H3,(H,43,54)(H,45,52)(H,48,53)(H2,46,47,55)/b35-25-. The molecule has 1 aromatic heterocycles. The Morgan fingerprint density at radius 1 is 0.782 bits per heavy atom. The Balaban J connectivity index is 0.936. The molecule has 5 amide bonds. The molecule has 6 N–H and O–H groups in total. The number of likely N-dealkylation sites (tertiary alicyclic amines) is 1. The van der Waals surface area contributed by atoms with Crippen LogP contribution in [0, 0.1) is 13.8 Å². The highest BCUT2D eigenvalue weighted by Gasteiger charge is 2.26. The van der Waals surface area contributed by atoms with E-state index < -0.39 is 6.03 Å². The highest BCUT2D eigenvalue weighted by molar-refractivity contribution is 6.35. The highest BCUT2D eigenvalue weighted by atomic mass is 16.2. The zero-order valence-corrected chi connectivity index (χ0v) is 31.7. The van der Waals surface area contributed by atoms with Crippen molar-refractivity contribution in [3.05, 3.63) is 106 Å². The maximum atomic E-state index is 13.1. The van der Waals surface area contributed by atoms with E-state index in [1.54, 1.807) is 48.5 Å². The third-order valence-corrected chi connectivity index (χ3v) is 10.6. The molecule has 4 aromatic rings. The molecule has 3 aliphatic rings. The van der Waals surface area contributed by atoms with Gasteiger partial charge in [-0.3, -0.25) is 19.3 Å². The van der Waals surface area contributed by atoms with Crippen LogP contribution in [0.3, 0.4) is 0 Å². The predicted octanol–water partition coefficient (Wildman–Crippen LogP) is 5.59. The number of piperazine rings is 1. The summed E-state index contributed by atoms with van der Waals surface area (Å²) in [7, 11) is 2.14. The lowest BCUT2D eigenvalue weighted by Gasteiger charge is -2.32. The van der Waals surface area contributed by atoms with Gasteiger partial charge < -0.3 is 41.4 Å². The Labute approximate surface area is 321 Å². The lowest BCUT2D eigenvalue weighted by atomic mass is 10.0. The van der Waals surface area contributed by atoms with Gasteiger partial charge in [0, 0.05) is 85.4 Å². The molecule has 7 rings (SSSR count). The van der Waals surface area contributed by atoms with E-state index >= 15 is 0 Å². The summed E-state index contributed by atoms with van der Waals surface area (Å²) in [6.07, 6.45) is 4.18. The molecule has 0 radical (unpaired) electrons. The summed E-state index contributed by atoms with van der Waals surface area (Å²) >= 11 is 0. The monoisotopic (exact) mass is 743 g/mol. The molecule has 0 saturated carbocycles. The summed E-state index contributed by atoms with van der Waals surface area (Å²) in [5.41, 5.74) is 7.74. The first-order valence-corrected chi connectivity index (χ1v) is 19.0. The van der Waals surface area contributed by atoms with Crippen molar-refractivity contribution in [1.29, 1.82) is 0 Å². The van der Waals surface area contributed by atoms with Crippen LogP contribution in [-0.4, -0.2) is 103 Å². The maximum Gasteiger partial charge on any atom is 0.323 e. The van der Waals surface area contributed by atoms with Gasteiger partial charge in [-0.2, -0.15) is 0 Å². The quantitative estimate of drug-likeness (QED) is 0.110. The predicted molar refractivity (Wildman–Crippen MR) is 217 cm³/mol. The number of amides is 5. The Morgan fingerprint density at radius 3 is 2.20 bits per heavy atom. The molecule has 55 heavy (non-hydrogen) atoms. The van der Waals surface area contributed by atoms with Crippen molar-refractivity contribution in [2.45, 2.75) is 33.2 Å². The van der Waals surface area contributed by atoms with E-state index in [1.807, 2.05) is 38.1 Å². The van der Waals surface area contributed by atoms with Gasteiger partial charge in [-0.05, 0) is 106 Å². The number of nitrogens with one attached hydrogen (secondary N) is 6. The average molecular weight is 744 g/mol. The Kier molecular flexibility index (Phi) is 11.4. The fraction of sp³-hybridized carbons (Fsp3) is 0.333. The van der Waals surface area contributed by atoms with Gasteiger partial charge in [0.1, 0.15) is 0 Å². The summed E-state index contributed by atoms with van der Waals surface area (Å²) in [5, 5.41) is 14.5. The summed E-state index contributed by atoms with van der Waals surface area (Å²) in [5.74, 6) is -0.646. The lowest BCUT2D eigenvalue weighted by Crippen LogP contribution is -2.43. The van der Waals surface area contributed by atoms with Crippen LogP contribution in [-0.2, 0) is 11.3 Å². The highest BCUT2D eigenvalue weighted by Crippen LogP contribution is 2.36. The molecular weight excluding hydrogens is 695 g/mol. The molecule has 2 saturated heterocycles. The van der Waals surface area contributed by atoms with E-state index in [9.17, 15) is 19.2 Å². The van der Waals surface area contributed by atoms with Crippen LogP contribution in [0.15, 0.2) is 66.7 Å². The third kappa shape index (κ3) is 9.14. The fourth-order valence-electron chi connectivity index (χ4n) is 7.44. The van der Waals surface area contributed by atoms with Crippen LogP contribution < -0.4 is 26.6 Å².